The summed E-state index contributed by atoms with van der Waals surface area (Å²) >= 11 is 6.93. The maximum atomic E-state index is 13.6. The monoisotopic (exact) mass is 440 g/mol. The Labute approximate surface area is 175 Å². The molecule has 7 nitrogen and oxygen atoms in total. The zero-order valence-corrected chi connectivity index (χ0v) is 16.8. The summed E-state index contributed by atoms with van der Waals surface area (Å²) < 4.78 is 18.3. The third kappa shape index (κ3) is 8.00. The summed E-state index contributed by atoms with van der Waals surface area (Å²) in [5.74, 6) is -2.60. The van der Waals surface area contributed by atoms with Gasteiger partial charge in [-0.25, -0.2) is 4.39 Å². The summed E-state index contributed by atoms with van der Waals surface area (Å²) in [4.78, 5) is 47.4. The van der Waals surface area contributed by atoms with E-state index in [9.17, 15) is 23.6 Å². The van der Waals surface area contributed by atoms with E-state index in [1.165, 1.54) is 23.5 Å². The molecule has 154 valence electrons. The number of ketones is 1. The average molecular weight is 441 g/mol. The van der Waals surface area contributed by atoms with Crippen LogP contribution in [0.15, 0.2) is 35.7 Å². The van der Waals surface area contributed by atoms with Gasteiger partial charge >= 0.3 is 5.97 Å². The van der Waals surface area contributed by atoms with Crippen LogP contribution in [0.25, 0.3) is 0 Å². The fourth-order valence-corrected chi connectivity index (χ4v) is 3.03. The zero-order valence-electron chi connectivity index (χ0n) is 15.2. The smallest absolute Gasteiger partial charge is 0.308 e. The molecule has 10 heteroatoms. The fraction of sp³-hybridized carbons (Fsp3) is 0.263. The van der Waals surface area contributed by atoms with Crippen LogP contribution in [0.1, 0.15) is 28.9 Å². The maximum Gasteiger partial charge on any atom is 0.308 e. The molecule has 0 bridgehead atoms. The highest BCUT2D eigenvalue weighted by Gasteiger charge is 2.12. The molecule has 1 aromatic carbocycles. The number of anilines is 1. The van der Waals surface area contributed by atoms with Crippen molar-refractivity contribution >= 4 is 52.2 Å². The first-order chi connectivity index (χ1) is 13.8. The number of esters is 1. The van der Waals surface area contributed by atoms with E-state index in [4.69, 9.17) is 16.3 Å². The molecular weight excluding hydrogens is 423 g/mol. The lowest BCUT2D eigenvalue weighted by Gasteiger charge is -2.08. The van der Waals surface area contributed by atoms with Gasteiger partial charge in [0, 0.05) is 24.4 Å². The number of hydrogen-bond acceptors (Lipinski definition) is 6. The first kappa shape index (κ1) is 22.5. The van der Waals surface area contributed by atoms with Gasteiger partial charge in [0.05, 0.1) is 17.0 Å². The Hall–Kier alpha value is -2.78. The molecule has 0 unspecified atom stereocenters. The van der Waals surface area contributed by atoms with Gasteiger partial charge in [0.2, 0.25) is 5.91 Å². The molecule has 0 atom stereocenters. The molecule has 0 saturated carbocycles. The van der Waals surface area contributed by atoms with Crippen molar-refractivity contribution in [1.29, 1.82) is 0 Å². The van der Waals surface area contributed by atoms with Gasteiger partial charge in [-0.05, 0) is 29.6 Å². The quantitative estimate of drug-likeness (QED) is 0.436. The summed E-state index contributed by atoms with van der Waals surface area (Å²) in [6.07, 6.45) is -0.0493. The van der Waals surface area contributed by atoms with Crippen molar-refractivity contribution in [3.8, 4) is 0 Å². The zero-order chi connectivity index (χ0) is 21.2. The normalized spacial score (nSPS) is 10.3. The van der Waals surface area contributed by atoms with E-state index >= 15 is 0 Å². The molecule has 29 heavy (non-hydrogen) atoms. The van der Waals surface area contributed by atoms with Gasteiger partial charge in [0.15, 0.2) is 12.4 Å². The van der Waals surface area contributed by atoms with Gasteiger partial charge in [-0.1, -0.05) is 17.7 Å². The Morgan fingerprint density at radius 2 is 1.86 bits per heavy atom. The number of amides is 2. The van der Waals surface area contributed by atoms with Crippen molar-refractivity contribution in [1.82, 2.24) is 5.32 Å². The van der Waals surface area contributed by atoms with Crippen LogP contribution < -0.4 is 10.6 Å². The number of ether oxygens (including phenoxy) is 1. The third-order valence-corrected chi connectivity index (χ3v) is 4.74. The Bertz CT molecular complexity index is 889. The van der Waals surface area contributed by atoms with E-state index in [2.05, 4.69) is 10.6 Å². The highest BCUT2D eigenvalue weighted by molar-refractivity contribution is 7.12. The van der Waals surface area contributed by atoms with E-state index < -0.39 is 24.3 Å². The number of carbonyl (C=O) groups is 4. The van der Waals surface area contributed by atoms with E-state index in [0.717, 1.165) is 6.07 Å². The molecule has 0 aliphatic rings. The molecule has 0 fully saturated rings. The van der Waals surface area contributed by atoms with Crippen molar-refractivity contribution in [3.05, 3.63) is 51.4 Å². The summed E-state index contributed by atoms with van der Waals surface area (Å²) in [5, 5.41) is 6.73. The predicted molar refractivity (Wildman–Crippen MR) is 107 cm³/mol. The van der Waals surface area contributed by atoms with Crippen LogP contribution in [0.3, 0.4) is 0 Å². The first-order valence-corrected chi connectivity index (χ1v) is 9.85. The Morgan fingerprint density at radius 3 is 2.55 bits per heavy atom. The van der Waals surface area contributed by atoms with Crippen LogP contribution in [-0.4, -0.2) is 36.7 Å². The second-order valence-electron chi connectivity index (χ2n) is 5.83. The lowest BCUT2D eigenvalue weighted by molar-refractivity contribution is -0.147. The lowest BCUT2D eigenvalue weighted by Crippen LogP contribution is -2.28. The molecule has 0 aliphatic heterocycles. The molecule has 2 rings (SSSR count). The molecule has 0 radical (unpaired) electrons. The van der Waals surface area contributed by atoms with Crippen LogP contribution in [0.5, 0.6) is 0 Å². The van der Waals surface area contributed by atoms with Crippen LogP contribution in [0, 0.1) is 5.82 Å². The van der Waals surface area contributed by atoms with Crippen molar-refractivity contribution in [3.63, 3.8) is 0 Å². The average Bonchev–Trinajstić information content (AvgIpc) is 3.21. The van der Waals surface area contributed by atoms with Crippen LogP contribution in [0.4, 0.5) is 10.1 Å². The molecular formula is C19H18ClFN2O5S. The highest BCUT2D eigenvalue weighted by Crippen LogP contribution is 2.18. The Balaban J connectivity index is 1.59. The van der Waals surface area contributed by atoms with Gasteiger partial charge < -0.3 is 15.4 Å². The van der Waals surface area contributed by atoms with E-state index in [1.807, 2.05) is 0 Å². The van der Waals surface area contributed by atoms with Crippen molar-refractivity contribution in [2.24, 2.45) is 0 Å². The molecule has 2 amide bonds. The topological polar surface area (TPSA) is 102 Å². The van der Waals surface area contributed by atoms with E-state index in [1.54, 1.807) is 17.5 Å². The maximum absolute atomic E-state index is 13.6. The second-order valence-corrected chi connectivity index (χ2v) is 7.22. The molecule has 2 aromatic rings. The van der Waals surface area contributed by atoms with Crippen LogP contribution in [-0.2, 0) is 19.1 Å². The molecule has 0 aliphatic carbocycles. The van der Waals surface area contributed by atoms with Crippen LogP contribution >= 0.6 is 22.9 Å². The first-order valence-electron chi connectivity index (χ1n) is 8.59. The van der Waals surface area contributed by atoms with E-state index in [0.29, 0.717) is 4.88 Å². The summed E-state index contributed by atoms with van der Waals surface area (Å²) in [5.41, 5.74) is -0.0835. The third-order valence-electron chi connectivity index (χ3n) is 3.60. The second kappa shape index (κ2) is 11.3. The number of rotatable bonds is 10. The number of halogens is 2. The van der Waals surface area contributed by atoms with Gasteiger partial charge in [0.25, 0.3) is 5.91 Å². The van der Waals surface area contributed by atoms with Gasteiger partial charge in [0.1, 0.15) is 5.82 Å². The van der Waals surface area contributed by atoms with Crippen molar-refractivity contribution in [2.45, 2.75) is 19.3 Å². The number of benzene rings is 1. The molecule has 2 N–H and O–H groups in total. The number of Topliss-reactive ketones (excluding diaryl/α,β-unsaturated/α-hetero) is 1. The van der Waals surface area contributed by atoms with Crippen molar-refractivity contribution in [2.75, 3.05) is 18.5 Å². The molecule has 0 spiro atoms. The summed E-state index contributed by atoms with van der Waals surface area (Å²) in [7, 11) is 0. The van der Waals surface area contributed by atoms with Gasteiger partial charge in [-0.3, -0.25) is 19.2 Å². The van der Waals surface area contributed by atoms with Crippen molar-refractivity contribution < 1.29 is 28.3 Å². The number of nitrogens with one attached hydrogen (secondary N) is 2. The summed E-state index contributed by atoms with van der Waals surface area (Å²) in [6.45, 7) is -0.581. The molecule has 1 heterocycles. The lowest BCUT2D eigenvalue weighted by atomic mass is 10.2. The number of carbonyl (C=O) groups excluding carboxylic acids is 4. The minimum atomic E-state index is -0.712. The molecule has 1 aromatic heterocycles. The number of hydrogen-bond donors (Lipinski definition) is 2. The van der Waals surface area contributed by atoms with Gasteiger partial charge in [-0.15, -0.1) is 11.3 Å². The van der Waals surface area contributed by atoms with E-state index in [-0.39, 0.29) is 48.2 Å². The molecule has 0 saturated heterocycles. The Morgan fingerprint density at radius 1 is 1.07 bits per heavy atom. The fourth-order valence-electron chi connectivity index (χ4n) is 2.18. The van der Waals surface area contributed by atoms with Crippen LogP contribution in [0.2, 0.25) is 5.02 Å². The summed E-state index contributed by atoms with van der Waals surface area (Å²) in [6, 6.07) is 7.19. The SMILES string of the molecule is O=C(CCC(=O)c1cccs1)NCCC(=O)OCC(=O)Nc1ccc(Cl)cc1F. The Kier molecular flexibility index (Phi) is 8.75. The van der Waals surface area contributed by atoms with Gasteiger partial charge in [-0.2, -0.15) is 0 Å². The standard InChI is InChI=1S/C19H18ClFN2O5S/c20-12-3-4-14(13(21)10-12)23-18(26)11-28-19(27)7-8-22-17(25)6-5-15(24)16-2-1-9-29-16/h1-4,9-10H,5-8,11H2,(H,22,25)(H,23,26). The largest absolute Gasteiger partial charge is 0.456 e. The minimum absolute atomic E-state index is 0.0122. The minimum Gasteiger partial charge on any atom is -0.456 e. The highest BCUT2D eigenvalue weighted by atomic mass is 35.5. The number of thiophene rings is 1. The predicted octanol–water partition coefficient (Wildman–Crippen LogP) is 3.19.